The van der Waals surface area contributed by atoms with Gasteiger partial charge in [-0.05, 0) is 35.2 Å². The summed E-state index contributed by atoms with van der Waals surface area (Å²) in [6.07, 6.45) is 4.61. The topological polar surface area (TPSA) is 16.1 Å². The van der Waals surface area contributed by atoms with Crippen molar-refractivity contribution in [2.45, 2.75) is 32.0 Å². The second kappa shape index (κ2) is 4.65. The van der Waals surface area contributed by atoms with Crippen LogP contribution < -0.4 is 0 Å². The van der Waals surface area contributed by atoms with Crippen molar-refractivity contribution in [1.29, 1.82) is 0 Å². The van der Waals surface area contributed by atoms with Crippen molar-refractivity contribution < 1.29 is 0 Å². The molecule has 0 spiro atoms. The Kier molecular flexibility index (Phi) is 3.04. The van der Waals surface area contributed by atoms with Gasteiger partial charge in [0.15, 0.2) is 0 Å². The molecule has 2 nitrogen and oxygen atoms in total. The van der Waals surface area contributed by atoms with Crippen molar-refractivity contribution in [2.24, 2.45) is 0 Å². The summed E-state index contributed by atoms with van der Waals surface area (Å²) >= 11 is 3.54. The molecule has 4 heteroatoms. The normalized spacial score (nSPS) is 15.8. The van der Waals surface area contributed by atoms with E-state index in [0.717, 1.165) is 19.1 Å². The number of nitrogens with zero attached hydrogens (tertiary/aromatic N) is 2. The van der Waals surface area contributed by atoms with Crippen LogP contribution in [0.15, 0.2) is 28.4 Å². The van der Waals surface area contributed by atoms with Gasteiger partial charge in [-0.1, -0.05) is 0 Å². The van der Waals surface area contributed by atoms with Crippen LogP contribution in [0.3, 0.4) is 0 Å². The first-order valence-electron chi connectivity index (χ1n) is 5.55. The maximum absolute atomic E-state index is 4.37. The Balaban J connectivity index is 1.67. The molecule has 1 aliphatic rings. The lowest BCUT2D eigenvalue weighted by Crippen LogP contribution is -2.24. The van der Waals surface area contributed by atoms with E-state index in [4.69, 9.17) is 0 Å². The standard InChI is InChI=1S/C12H14N2S2/c1-2-11(1)14(7-10-3-5-15-9-10)8-12-13-4-6-16-12/h3-6,9,11H,1-2,7-8H2. The van der Waals surface area contributed by atoms with Crippen molar-refractivity contribution >= 4 is 22.7 Å². The lowest BCUT2D eigenvalue weighted by molar-refractivity contribution is 0.246. The lowest BCUT2D eigenvalue weighted by atomic mass is 10.3. The zero-order chi connectivity index (χ0) is 10.8. The fourth-order valence-corrected chi connectivity index (χ4v) is 3.18. The van der Waals surface area contributed by atoms with Gasteiger partial charge >= 0.3 is 0 Å². The Morgan fingerprint density at radius 3 is 2.88 bits per heavy atom. The monoisotopic (exact) mass is 250 g/mol. The summed E-state index contributed by atoms with van der Waals surface area (Å²) in [5.41, 5.74) is 1.44. The molecule has 0 aliphatic heterocycles. The van der Waals surface area contributed by atoms with Crippen molar-refractivity contribution in [1.82, 2.24) is 9.88 Å². The third-order valence-corrected chi connectivity index (χ3v) is 4.35. The molecule has 84 valence electrons. The summed E-state index contributed by atoms with van der Waals surface area (Å²) in [5, 5.41) is 7.70. The van der Waals surface area contributed by atoms with Gasteiger partial charge in [0, 0.05) is 24.2 Å². The van der Waals surface area contributed by atoms with Crippen LogP contribution in [-0.2, 0) is 13.1 Å². The Bertz CT molecular complexity index is 382. The molecule has 0 saturated heterocycles. The van der Waals surface area contributed by atoms with Gasteiger partial charge in [-0.15, -0.1) is 11.3 Å². The second-order valence-electron chi connectivity index (χ2n) is 4.19. The maximum Gasteiger partial charge on any atom is 0.107 e. The fourth-order valence-electron chi connectivity index (χ4n) is 1.88. The highest BCUT2D eigenvalue weighted by molar-refractivity contribution is 7.09. The molecule has 2 aromatic heterocycles. The zero-order valence-corrected chi connectivity index (χ0v) is 10.6. The molecule has 1 saturated carbocycles. The number of aromatic nitrogens is 1. The first kappa shape index (κ1) is 10.4. The Morgan fingerprint density at radius 1 is 1.31 bits per heavy atom. The predicted octanol–water partition coefficient (Wildman–Crippen LogP) is 3.37. The molecular weight excluding hydrogens is 236 g/mol. The number of thiazole rings is 1. The average molecular weight is 250 g/mol. The van der Waals surface area contributed by atoms with E-state index in [0.29, 0.717) is 0 Å². The van der Waals surface area contributed by atoms with E-state index >= 15 is 0 Å². The molecule has 16 heavy (non-hydrogen) atoms. The summed E-state index contributed by atoms with van der Waals surface area (Å²) in [5.74, 6) is 0. The van der Waals surface area contributed by atoms with E-state index in [1.807, 2.05) is 6.20 Å². The number of hydrogen-bond acceptors (Lipinski definition) is 4. The van der Waals surface area contributed by atoms with Crippen LogP contribution in [0.4, 0.5) is 0 Å². The summed E-state index contributed by atoms with van der Waals surface area (Å²) < 4.78 is 0. The molecule has 0 amide bonds. The van der Waals surface area contributed by atoms with Gasteiger partial charge in [-0.25, -0.2) is 4.98 Å². The van der Waals surface area contributed by atoms with Crippen molar-refractivity contribution in [3.05, 3.63) is 39.0 Å². The van der Waals surface area contributed by atoms with Gasteiger partial charge in [0.2, 0.25) is 0 Å². The quantitative estimate of drug-likeness (QED) is 0.809. The predicted molar refractivity (Wildman–Crippen MR) is 68.7 cm³/mol. The summed E-state index contributed by atoms with van der Waals surface area (Å²) in [6.45, 7) is 2.09. The smallest absolute Gasteiger partial charge is 0.107 e. The van der Waals surface area contributed by atoms with Crippen LogP contribution in [0.25, 0.3) is 0 Å². The van der Waals surface area contributed by atoms with Gasteiger partial charge in [-0.2, -0.15) is 11.3 Å². The van der Waals surface area contributed by atoms with Crippen molar-refractivity contribution in [3.63, 3.8) is 0 Å². The fraction of sp³-hybridized carbons (Fsp3) is 0.417. The second-order valence-corrected chi connectivity index (χ2v) is 5.95. The third-order valence-electron chi connectivity index (χ3n) is 2.85. The van der Waals surface area contributed by atoms with E-state index in [9.17, 15) is 0 Å². The molecular formula is C12H14N2S2. The SMILES string of the molecule is c1csc(CN(Cc2ccsc2)C2CC2)n1. The van der Waals surface area contributed by atoms with Crippen LogP contribution in [0.1, 0.15) is 23.4 Å². The molecule has 1 fully saturated rings. The van der Waals surface area contributed by atoms with E-state index in [-0.39, 0.29) is 0 Å². The van der Waals surface area contributed by atoms with Crippen LogP contribution in [0.5, 0.6) is 0 Å². The van der Waals surface area contributed by atoms with Gasteiger partial charge < -0.3 is 0 Å². The molecule has 0 bridgehead atoms. The Hall–Kier alpha value is -0.710. The van der Waals surface area contributed by atoms with Gasteiger partial charge in [0.1, 0.15) is 5.01 Å². The van der Waals surface area contributed by atoms with E-state index in [1.165, 1.54) is 23.4 Å². The molecule has 2 heterocycles. The van der Waals surface area contributed by atoms with Crippen molar-refractivity contribution in [3.8, 4) is 0 Å². The first-order chi connectivity index (χ1) is 7.92. The Morgan fingerprint density at radius 2 is 2.25 bits per heavy atom. The third kappa shape index (κ3) is 2.51. The highest BCUT2D eigenvalue weighted by Crippen LogP contribution is 2.30. The molecule has 0 unspecified atom stereocenters. The number of rotatable bonds is 5. The van der Waals surface area contributed by atoms with Crippen LogP contribution in [-0.4, -0.2) is 15.9 Å². The number of hydrogen-bond donors (Lipinski definition) is 0. The van der Waals surface area contributed by atoms with Gasteiger partial charge in [0.05, 0.1) is 6.54 Å². The largest absolute Gasteiger partial charge is 0.289 e. The minimum atomic E-state index is 0.795. The summed E-state index contributed by atoms with van der Waals surface area (Å²) in [4.78, 5) is 6.93. The van der Waals surface area contributed by atoms with Crippen molar-refractivity contribution in [2.75, 3.05) is 0 Å². The molecule has 2 aromatic rings. The number of thiophene rings is 1. The van der Waals surface area contributed by atoms with Gasteiger partial charge in [0.25, 0.3) is 0 Å². The average Bonchev–Trinajstić information content (AvgIpc) is 2.79. The Labute approximate surface area is 104 Å². The zero-order valence-electron chi connectivity index (χ0n) is 9.00. The lowest BCUT2D eigenvalue weighted by Gasteiger charge is -2.19. The van der Waals surface area contributed by atoms with E-state index < -0.39 is 0 Å². The molecule has 3 rings (SSSR count). The minimum Gasteiger partial charge on any atom is -0.289 e. The minimum absolute atomic E-state index is 0.795. The summed E-state index contributed by atoms with van der Waals surface area (Å²) in [7, 11) is 0. The molecule has 0 N–H and O–H groups in total. The van der Waals surface area contributed by atoms with E-state index in [1.54, 1.807) is 22.7 Å². The highest BCUT2D eigenvalue weighted by Gasteiger charge is 2.29. The molecule has 0 radical (unpaired) electrons. The maximum atomic E-state index is 4.37. The highest BCUT2D eigenvalue weighted by atomic mass is 32.1. The first-order valence-corrected chi connectivity index (χ1v) is 7.37. The molecule has 0 atom stereocenters. The molecule has 0 aromatic carbocycles. The molecule has 1 aliphatic carbocycles. The van der Waals surface area contributed by atoms with E-state index in [2.05, 4.69) is 32.1 Å². The van der Waals surface area contributed by atoms with Crippen LogP contribution in [0, 0.1) is 0 Å². The van der Waals surface area contributed by atoms with Gasteiger partial charge in [-0.3, -0.25) is 4.90 Å². The van der Waals surface area contributed by atoms with Crippen LogP contribution in [0.2, 0.25) is 0 Å². The van der Waals surface area contributed by atoms with Crippen LogP contribution >= 0.6 is 22.7 Å². The summed E-state index contributed by atoms with van der Waals surface area (Å²) in [6, 6.07) is 3.02.